The van der Waals surface area contributed by atoms with Crippen LogP contribution < -0.4 is 9.47 Å². The Kier molecular flexibility index (Phi) is 7.29. The van der Waals surface area contributed by atoms with Gasteiger partial charge in [-0.25, -0.2) is 0 Å². The van der Waals surface area contributed by atoms with E-state index in [9.17, 15) is 9.59 Å². The number of carboxylic acid groups (broad SMARTS) is 1. The van der Waals surface area contributed by atoms with E-state index in [1.54, 1.807) is 13.2 Å². The molecule has 1 aromatic rings. The molecular weight excluding hydrogens is 320 g/mol. The molecule has 1 aliphatic carbocycles. The zero-order valence-electron chi connectivity index (χ0n) is 15.2. The third kappa shape index (κ3) is 5.48. The van der Waals surface area contributed by atoms with Crippen molar-refractivity contribution in [3.05, 3.63) is 23.3 Å². The van der Waals surface area contributed by atoms with Gasteiger partial charge in [0.15, 0.2) is 5.78 Å². The zero-order valence-corrected chi connectivity index (χ0v) is 15.2. The first kappa shape index (κ1) is 19.3. The monoisotopic (exact) mass is 348 g/mol. The van der Waals surface area contributed by atoms with E-state index in [0.717, 1.165) is 30.1 Å². The summed E-state index contributed by atoms with van der Waals surface area (Å²) in [5.41, 5.74) is 1.44. The number of benzene rings is 1. The summed E-state index contributed by atoms with van der Waals surface area (Å²) in [6.07, 6.45) is 8.26. The minimum atomic E-state index is -0.974. The number of aliphatic carboxylic acids is 1. The molecule has 0 heterocycles. The first-order valence-corrected chi connectivity index (χ1v) is 9.05. The minimum absolute atomic E-state index is 0.0277. The quantitative estimate of drug-likeness (QED) is 0.675. The van der Waals surface area contributed by atoms with E-state index in [0.29, 0.717) is 11.3 Å². The summed E-state index contributed by atoms with van der Waals surface area (Å²) in [7, 11) is 3.12. The number of carboxylic acids is 1. The predicted octanol–water partition coefficient (Wildman–Crippen LogP) is 4.26. The van der Waals surface area contributed by atoms with E-state index in [1.807, 2.05) is 6.07 Å². The van der Waals surface area contributed by atoms with E-state index in [1.165, 1.54) is 39.2 Å². The summed E-state index contributed by atoms with van der Waals surface area (Å²) in [4.78, 5) is 23.1. The number of hydrogen-bond acceptors (Lipinski definition) is 4. The largest absolute Gasteiger partial charge is 0.496 e. The maximum atomic E-state index is 12.4. The second-order valence-corrected chi connectivity index (χ2v) is 6.72. The van der Waals surface area contributed by atoms with Gasteiger partial charge in [-0.15, -0.1) is 0 Å². The van der Waals surface area contributed by atoms with Crippen LogP contribution in [0.1, 0.15) is 67.3 Å². The minimum Gasteiger partial charge on any atom is -0.496 e. The third-order valence-corrected chi connectivity index (χ3v) is 5.02. The number of hydrogen-bond donors (Lipinski definition) is 1. The summed E-state index contributed by atoms with van der Waals surface area (Å²) < 4.78 is 10.8. The van der Waals surface area contributed by atoms with Gasteiger partial charge in [-0.3, -0.25) is 9.59 Å². The number of aryl methyl sites for hydroxylation is 1. The highest BCUT2D eigenvalue weighted by atomic mass is 16.5. The summed E-state index contributed by atoms with van der Waals surface area (Å²) >= 11 is 0. The molecule has 5 nitrogen and oxygen atoms in total. The average molecular weight is 348 g/mol. The molecule has 2 rings (SSSR count). The van der Waals surface area contributed by atoms with Crippen molar-refractivity contribution in [3.63, 3.8) is 0 Å². The fourth-order valence-electron chi connectivity index (χ4n) is 3.57. The summed E-state index contributed by atoms with van der Waals surface area (Å²) in [5, 5.41) is 8.80. The van der Waals surface area contributed by atoms with E-state index in [4.69, 9.17) is 14.6 Å². The maximum absolute atomic E-state index is 12.4. The lowest BCUT2D eigenvalue weighted by atomic mass is 9.85. The maximum Gasteiger partial charge on any atom is 0.303 e. The first-order chi connectivity index (χ1) is 12.0. The molecule has 1 aromatic carbocycles. The van der Waals surface area contributed by atoms with Crippen LogP contribution >= 0.6 is 0 Å². The molecule has 0 saturated heterocycles. The van der Waals surface area contributed by atoms with E-state index >= 15 is 0 Å². The molecule has 0 aromatic heterocycles. The summed E-state index contributed by atoms with van der Waals surface area (Å²) in [6, 6.07) is 3.56. The topological polar surface area (TPSA) is 72.8 Å². The molecule has 1 N–H and O–H groups in total. The molecule has 1 fully saturated rings. The van der Waals surface area contributed by atoms with Crippen LogP contribution in [0.25, 0.3) is 0 Å². The van der Waals surface area contributed by atoms with Crippen molar-refractivity contribution in [2.75, 3.05) is 14.2 Å². The van der Waals surface area contributed by atoms with Crippen molar-refractivity contribution in [1.29, 1.82) is 0 Å². The number of carbonyl (C=O) groups excluding carboxylic acids is 1. The second kappa shape index (κ2) is 9.44. The highest BCUT2D eigenvalue weighted by Crippen LogP contribution is 2.33. The molecule has 0 bridgehead atoms. The fraction of sp³-hybridized carbons (Fsp3) is 0.600. The van der Waals surface area contributed by atoms with Gasteiger partial charge < -0.3 is 14.6 Å². The van der Waals surface area contributed by atoms with E-state index in [2.05, 4.69) is 0 Å². The van der Waals surface area contributed by atoms with Gasteiger partial charge in [-0.05, 0) is 30.4 Å². The van der Waals surface area contributed by atoms with Crippen molar-refractivity contribution in [3.8, 4) is 11.5 Å². The highest BCUT2D eigenvalue weighted by Gasteiger charge is 2.19. The lowest BCUT2D eigenvalue weighted by Crippen LogP contribution is -2.10. The van der Waals surface area contributed by atoms with Crippen LogP contribution in [0.3, 0.4) is 0 Å². The Labute approximate surface area is 149 Å². The van der Waals surface area contributed by atoms with Crippen molar-refractivity contribution in [1.82, 2.24) is 0 Å². The van der Waals surface area contributed by atoms with Crippen LogP contribution in [0, 0.1) is 5.92 Å². The molecule has 1 aliphatic rings. The van der Waals surface area contributed by atoms with Crippen LogP contribution in [-0.2, 0) is 11.2 Å². The van der Waals surface area contributed by atoms with Crippen LogP contribution in [-0.4, -0.2) is 31.1 Å². The molecule has 0 unspecified atom stereocenters. The lowest BCUT2D eigenvalue weighted by molar-refractivity contribution is -0.136. The molecule has 0 spiro atoms. The zero-order chi connectivity index (χ0) is 18.2. The molecule has 1 saturated carbocycles. The smallest absolute Gasteiger partial charge is 0.303 e. The van der Waals surface area contributed by atoms with Crippen molar-refractivity contribution in [2.45, 2.75) is 57.8 Å². The number of Topliss-reactive ketones (excluding diaryl/α,β-unsaturated/α-hetero) is 1. The molecule has 0 aliphatic heterocycles. The Morgan fingerprint density at radius 1 is 1.04 bits per heavy atom. The summed E-state index contributed by atoms with van der Waals surface area (Å²) in [5.74, 6) is 0.724. The number of carbonyl (C=O) groups is 2. The van der Waals surface area contributed by atoms with E-state index < -0.39 is 5.97 Å². The Balaban J connectivity index is 2.17. The fourth-order valence-corrected chi connectivity index (χ4v) is 3.57. The number of ketones is 1. The molecular formula is C20H28O5. The van der Waals surface area contributed by atoms with Crippen LogP contribution in [0.2, 0.25) is 0 Å². The third-order valence-electron chi connectivity index (χ3n) is 5.02. The van der Waals surface area contributed by atoms with Crippen LogP contribution in [0.4, 0.5) is 0 Å². The van der Waals surface area contributed by atoms with Crippen LogP contribution in [0.5, 0.6) is 11.5 Å². The number of methoxy groups -OCH3 is 2. The van der Waals surface area contributed by atoms with Gasteiger partial charge in [-0.1, -0.05) is 32.1 Å². The molecule has 138 valence electrons. The molecule has 5 heteroatoms. The SMILES string of the molecule is COc1cc(OC)c(C(=O)CCC(=O)O)cc1CCC1CCCCC1. The Morgan fingerprint density at radius 3 is 2.32 bits per heavy atom. The molecule has 25 heavy (non-hydrogen) atoms. The normalized spacial score (nSPS) is 15.0. The number of rotatable bonds is 9. The second-order valence-electron chi connectivity index (χ2n) is 6.72. The predicted molar refractivity (Wildman–Crippen MR) is 95.6 cm³/mol. The van der Waals surface area contributed by atoms with Crippen molar-refractivity contribution >= 4 is 11.8 Å². The number of ether oxygens (including phenoxy) is 2. The van der Waals surface area contributed by atoms with Gasteiger partial charge in [0.2, 0.25) is 0 Å². The van der Waals surface area contributed by atoms with Gasteiger partial charge in [0, 0.05) is 12.5 Å². The van der Waals surface area contributed by atoms with Gasteiger partial charge in [-0.2, -0.15) is 0 Å². The van der Waals surface area contributed by atoms with Gasteiger partial charge in [0.05, 0.1) is 26.2 Å². The van der Waals surface area contributed by atoms with Crippen molar-refractivity contribution in [2.24, 2.45) is 5.92 Å². The van der Waals surface area contributed by atoms with Gasteiger partial charge in [0.25, 0.3) is 0 Å². The first-order valence-electron chi connectivity index (χ1n) is 9.05. The Morgan fingerprint density at radius 2 is 1.72 bits per heavy atom. The lowest BCUT2D eigenvalue weighted by Gasteiger charge is -2.22. The average Bonchev–Trinajstić information content (AvgIpc) is 2.64. The summed E-state index contributed by atoms with van der Waals surface area (Å²) in [6.45, 7) is 0. The van der Waals surface area contributed by atoms with Gasteiger partial charge >= 0.3 is 5.97 Å². The van der Waals surface area contributed by atoms with Crippen LogP contribution in [0.15, 0.2) is 12.1 Å². The van der Waals surface area contributed by atoms with Gasteiger partial charge in [0.1, 0.15) is 11.5 Å². The molecule has 0 atom stereocenters. The Hall–Kier alpha value is -2.04. The molecule has 0 amide bonds. The Bertz CT molecular complexity index is 602. The van der Waals surface area contributed by atoms with Crippen molar-refractivity contribution < 1.29 is 24.2 Å². The molecule has 0 radical (unpaired) electrons. The highest BCUT2D eigenvalue weighted by molar-refractivity contribution is 6.00. The van der Waals surface area contributed by atoms with E-state index in [-0.39, 0.29) is 18.6 Å². The standard InChI is InChI=1S/C20H28O5/c1-24-18-13-19(25-2)16(17(21)10-11-20(22)23)12-15(18)9-8-14-6-4-3-5-7-14/h12-14H,3-11H2,1-2H3,(H,22,23).